The van der Waals surface area contributed by atoms with Gasteiger partial charge in [0.2, 0.25) is 0 Å². The van der Waals surface area contributed by atoms with E-state index >= 15 is 0 Å². The Bertz CT molecular complexity index is 545. The lowest BCUT2D eigenvalue weighted by atomic mass is 10.1. The Kier molecular flexibility index (Phi) is 4.22. The smallest absolute Gasteiger partial charge is 0.0841 e. The number of nitrogens with one attached hydrogen (secondary N) is 1. The van der Waals surface area contributed by atoms with Crippen LogP contribution < -0.4 is 5.32 Å². The van der Waals surface area contributed by atoms with Crippen molar-refractivity contribution in [2.75, 3.05) is 13.7 Å². The minimum atomic E-state index is -0.150. The van der Waals surface area contributed by atoms with Crippen molar-refractivity contribution in [3.05, 3.63) is 30.0 Å². The molecule has 1 heterocycles. The molecule has 0 bridgehead atoms. The van der Waals surface area contributed by atoms with E-state index in [-0.39, 0.29) is 5.60 Å². The summed E-state index contributed by atoms with van der Waals surface area (Å²) in [5, 5.41) is 9.32. The number of hydrogen-bond donors (Lipinski definition) is 1. The van der Waals surface area contributed by atoms with Crippen LogP contribution in [0.4, 0.5) is 0 Å². The van der Waals surface area contributed by atoms with E-state index < -0.39 is 0 Å². The Balaban J connectivity index is 2.13. The molecule has 0 unspecified atom stereocenters. The number of benzene rings is 1. The maximum absolute atomic E-state index is 5.40. The zero-order valence-corrected chi connectivity index (χ0v) is 12.2. The lowest BCUT2D eigenvalue weighted by Gasteiger charge is -2.22. The highest BCUT2D eigenvalue weighted by Gasteiger charge is 2.16. The van der Waals surface area contributed by atoms with E-state index in [0.29, 0.717) is 0 Å². The SMILES string of the molecule is CCn1nc(CNCC(C)(C)OC)c2ccccc21. The third-order valence-electron chi connectivity index (χ3n) is 3.43. The first-order chi connectivity index (χ1) is 9.07. The van der Waals surface area contributed by atoms with Crippen molar-refractivity contribution >= 4 is 10.9 Å². The first-order valence-corrected chi connectivity index (χ1v) is 6.77. The van der Waals surface area contributed by atoms with Gasteiger partial charge in [0.1, 0.15) is 0 Å². The predicted octanol–water partition coefficient (Wildman–Crippen LogP) is 2.57. The molecule has 0 aliphatic carbocycles. The number of fused-ring (bicyclic) bond motifs is 1. The number of hydrogen-bond acceptors (Lipinski definition) is 3. The summed E-state index contributed by atoms with van der Waals surface area (Å²) in [5.74, 6) is 0. The van der Waals surface area contributed by atoms with E-state index in [9.17, 15) is 0 Å². The molecule has 104 valence electrons. The quantitative estimate of drug-likeness (QED) is 0.868. The van der Waals surface area contributed by atoms with Gasteiger partial charge in [0.25, 0.3) is 0 Å². The fourth-order valence-electron chi connectivity index (χ4n) is 2.12. The minimum Gasteiger partial charge on any atom is -0.377 e. The number of nitrogens with zero attached hydrogens (tertiary/aromatic N) is 2. The lowest BCUT2D eigenvalue weighted by Crippen LogP contribution is -2.36. The third kappa shape index (κ3) is 3.14. The van der Waals surface area contributed by atoms with Crippen molar-refractivity contribution in [1.82, 2.24) is 15.1 Å². The molecule has 4 heteroatoms. The molecule has 4 nitrogen and oxygen atoms in total. The summed E-state index contributed by atoms with van der Waals surface area (Å²) >= 11 is 0. The van der Waals surface area contributed by atoms with E-state index in [0.717, 1.165) is 25.3 Å². The van der Waals surface area contributed by atoms with Gasteiger partial charge in [-0.15, -0.1) is 0 Å². The van der Waals surface area contributed by atoms with Crippen molar-refractivity contribution in [2.45, 2.75) is 39.5 Å². The number of ether oxygens (including phenoxy) is 1. The van der Waals surface area contributed by atoms with Crippen LogP contribution in [-0.4, -0.2) is 29.0 Å². The summed E-state index contributed by atoms with van der Waals surface area (Å²) in [6.45, 7) is 8.72. The summed E-state index contributed by atoms with van der Waals surface area (Å²) in [4.78, 5) is 0. The van der Waals surface area contributed by atoms with Crippen LogP contribution in [0.2, 0.25) is 0 Å². The van der Waals surface area contributed by atoms with Crippen molar-refractivity contribution < 1.29 is 4.74 Å². The van der Waals surface area contributed by atoms with E-state index in [1.54, 1.807) is 7.11 Å². The predicted molar refractivity (Wildman–Crippen MR) is 78.2 cm³/mol. The fraction of sp³-hybridized carbons (Fsp3) is 0.533. The van der Waals surface area contributed by atoms with E-state index in [1.165, 1.54) is 10.9 Å². The second kappa shape index (κ2) is 5.72. The molecule has 1 N–H and O–H groups in total. The molecule has 19 heavy (non-hydrogen) atoms. The highest BCUT2D eigenvalue weighted by atomic mass is 16.5. The molecular formula is C15H23N3O. The second-order valence-corrected chi connectivity index (χ2v) is 5.35. The molecular weight excluding hydrogens is 238 g/mol. The Morgan fingerprint density at radius 1 is 1.32 bits per heavy atom. The lowest BCUT2D eigenvalue weighted by molar-refractivity contribution is 0.0230. The van der Waals surface area contributed by atoms with Gasteiger partial charge >= 0.3 is 0 Å². The zero-order valence-electron chi connectivity index (χ0n) is 12.2. The van der Waals surface area contributed by atoms with Crippen LogP contribution in [0.15, 0.2) is 24.3 Å². The van der Waals surface area contributed by atoms with Crippen molar-refractivity contribution in [2.24, 2.45) is 0 Å². The molecule has 0 amide bonds. The van der Waals surface area contributed by atoms with Gasteiger partial charge in [-0.05, 0) is 26.8 Å². The minimum absolute atomic E-state index is 0.150. The van der Waals surface area contributed by atoms with E-state index in [1.807, 2.05) is 4.68 Å². The van der Waals surface area contributed by atoms with Crippen molar-refractivity contribution in [3.63, 3.8) is 0 Å². The van der Waals surface area contributed by atoms with Crippen LogP contribution in [0.3, 0.4) is 0 Å². The summed E-state index contributed by atoms with van der Waals surface area (Å²) in [6.07, 6.45) is 0. The Morgan fingerprint density at radius 2 is 2.05 bits per heavy atom. The van der Waals surface area contributed by atoms with Gasteiger partial charge in [0.15, 0.2) is 0 Å². The molecule has 1 aromatic heterocycles. The van der Waals surface area contributed by atoms with E-state index in [4.69, 9.17) is 4.74 Å². The average Bonchev–Trinajstić information content (AvgIpc) is 2.77. The van der Waals surface area contributed by atoms with Crippen molar-refractivity contribution in [1.29, 1.82) is 0 Å². The van der Waals surface area contributed by atoms with Gasteiger partial charge in [0, 0.05) is 32.1 Å². The summed E-state index contributed by atoms with van der Waals surface area (Å²) < 4.78 is 7.45. The first-order valence-electron chi connectivity index (χ1n) is 6.77. The summed E-state index contributed by atoms with van der Waals surface area (Å²) in [7, 11) is 1.74. The number of rotatable bonds is 6. The Morgan fingerprint density at radius 3 is 2.74 bits per heavy atom. The van der Waals surface area contributed by atoms with Crippen LogP contribution in [-0.2, 0) is 17.8 Å². The largest absolute Gasteiger partial charge is 0.377 e. The van der Waals surface area contributed by atoms with Crippen LogP contribution in [0.1, 0.15) is 26.5 Å². The number of aryl methyl sites for hydroxylation is 1. The normalized spacial score (nSPS) is 12.2. The summed E-state index contributed by atoms with van der Waals surface area (Å²) in [5.41, 5.74) is 2.15. The topological polar surface area (TPSA) is 39.1 Å². The number of aromatic nitrogens is 2. The third-order valence-corrected chi connectivity index (χ3v) is 3.43. The highest BCUT2D eigenvalue weighted by molar-refractivity contribution is 5.81. The van der Waals surface area contributed by atoms with E-state index in [2.05, 4.69) is 55.5 Å². The van der Waals surface area contributed by atoms with Crippen LogP contribution in [0, 0.1) is 0 Å². The van der Waals surface area contributed by atoms with Gasteiger partial charge in [-0.1, -0.05) is 18.2 Å². The van der Waals surface area contributed by atoms with Gasteiger partial charge in [0.05, 0.1) is 16.8 Å². The molecule has 0 aliphatic heterocycles. The number of methoxy groups -OCH3 is 1. The van der Waals surface area contributed by atoms with Gasteiger partial charge in [-0.25, -0.2) is 0 Å². The molecule has 0 aliphatic rings. The Labute approximate surface area is 114 Å². The monoisotopic (exact) mass is 261 g/mol. The molecule has 0 saturated carbocycles. The molecule has 0 atom stereocenters. The van der Waals surface area contributed by atoms with Gasteiger partial charge in [-0.3, -0.25) is 4.68 Å². The highest BCUT2D eigenvalue weighted by Crippen LogP contribution is 2.18. The number of para-hydroxylation sites is 1. The molecule has 2 aromatic rings. The zero-order chi connectivity index (χ0) is 13.9. The molecule has 2 rings (SSSR count). The molecule has 0 saturated heterocycles. The molecule has 1 aromatic carbocycles. The average molecular weight is 261 g/mol. The molecule has 0 fully saturated rings. The van der Waals surface area contributed by atoms with Crippen molar-refractivity contribution in [3.8, 4) is 0 Å². The van der Waals surface area contributed by atoms with Crippen LogP contribution >= 0.6 is 0 Å². The standard InChI is InChI=1S/C15H23N3O/c1-5-18-14-9-7-6-8-12(14)13(17-18)10-16-11-15(2,3)19-4/h6-9,16H,5,10-11H2,1-4H3. The summed E-state index contributed by atoms with van der Waals surface area (Å²) in [6, 6.07) is 8.37. The second-order valence-electron chi connectivity index (χ2n) is 5.35. The van der Waals surface area contributed by atoms with Gasteiger partial charge < -0.3 is 10.1 Å². The molecule has 0 spiro atoms. The maximum atomic E-state index is 5.40. The first kappa shape index (κ1) is 14.0. The maximum Gasteiger partial charge on any atom is 0.0841 e. The van der Waals surface area contributed by atoms with Crippen LogP contribution in [0.25, 0.3) is 10.9 Å². The van der Waals surface area contributed by atoms with Gasteiger partial charge in [-0.2, -0.15) is 5.10 Å². The fourth-order valence-corrected chi connectivity index (χ4v) is 2.12. The molecule has 0 radical (unpaired) electrons. The van der Waals surface area contributed by atoms with Crippen LogP contribution in [0.5, 0.6) is 0 Å². The Hall–Kier alpha value is -1.39.